The van der Waals surface area contributed by atoms with E-state index in [0.29, 0.717) is 34.7 Å². The van der Waals surface area contributed by atoms with Crippen LogP contribution in [0.25, 0.3) is 0 Å². The molecule has 3 rings (SSSR count). The second-order valence-electron chi connectivity index (χ2n) is 5.77. The van der Waals surface area contributed by atoms with Gasteiger partial charge in [-0.15, -0.1) is 0 Å². The molecular formula is C22H15N3O2. The van der Waals surface area contributed by atoms with Gasteiger partial charge in [-0.1, -0.05) is 18.2 Å². The van der Waals surface area contributed by atoms with Gasteiger partial charge in [0.15, 0.2) is 0 Å². The Balaban J connectivity index is 1.64. The van der Waals surface area contributed by atoms with E-state index in [-0.39, 0.29) is 5.91 Å². The summed E-state index contributed by atoms with van der Waals surface area (Å²) in [6.45, 7) is 0.340. The number of benzene rings is 3. The summed E-state index contributed by atoms with van der Waals surface area (Å²) in [6, 6.07) is 24.8. The summed E-state index contributed by atoms with van der Waals surface area (Å²) in [5.41, 5.74) is 3.15. The lowest BCUT2D eigenvalue weighted by Gasteiger charge is -2.09. The zero-order valence-electron chi connectivity index (χ0n) is 14.3. The average molecular weight is 353 g/mol. The second-order valence-corrected chi connectivity index (χ2v) is 5.77. The molecule has 0 saturated carbocycles. The van der Waals surface area contributed by atoms with Gasteiger partial charge in [0, 0.05) is 11.3 Å². The number of nitriles is 2. The van der Waals surface area contributed by atoms with E-state index in [1.165, 1.54) is 0 Å². The van der Waals surface area contributed by atoms with Crippen LogP contribution in [0.2, 0.25) is 0 Å². The minimum absolute atomic E-state index is 0.261. The van der Waals surface area contributed by atoms with Crippen LogP contribution in [0.5, 0.6) is 5.75 Å². The molecule has 0 spiro atoms. The minimum Gasteiger partial charge on any atom is -0.489 e. The maximum absolute atomic E-state index is 12.4. The normalized spacial score (nSPS) is 9.70. The maximum atomic E-state index is 12.4. The Morgan fingerprint density at radius 3 is 2.15 bits per heavy atom. The van der Waals surface area contributed by atoms with Crippen molar-refractivity contribution in [1.29, 1.82) is 10.5 Å². The lowest BCUT2D eigenvalue weighted by molar-refractivity contribution is 0.102. The van der Waals surface area contributed by atoms with Crippen LogP contribution in [0.4, 0.5) is 5.69 Å². The fourth-order valence-corrected chi connectivity index (χ4v) is 2.40. The van der Waals surface area contributed by atoms with Crippen LogP contribution in [0.15, 0.2) is 72.8 Å². The molecule has 1 N–H and O–H groups in total. The van der Waals surface area contributed by atoms with Gasteiger partial charge in [-0.25, -0.2) is 0 Å². The zero-order valence-corrected chi connectivity index (χ0v) is 14.3. The predicted molar refractivity (Wildman–Crippen MR) is 101 cm³/mol. The number of ether oxygens (including phenoxy) is 1. The maximum Gasteiger partial charge on any atom is 0.255 e. The van der Waals surface area contributed by atoms with E-state index in [0.717, 1.165) is 5.56 Å². The minimum atomic E-state index is -0.261. The van der Waals surface area contributed by atoms with Crippen molar-refractivity contribution in [3.8, 4) is 17.9 Å². The van der Waals surface area contributed by atoms with Crippen LogP contribution >= 0.6 is 0 Å². The molecule has 5 nitrogen and oxygen atoms in total. The van der Waals surface area contributed by atoms with Gasteiger partial charge in [0.1, 0.15) is 12.4 Å². The summed E-state index contributed by atoms with van der Waals surface area (Å²) in [5.74, 6) is 0.315. The first kappa shape index (κ1) is 17.7. The van der Waals surface area contributed by atoms with Crippen LogP contribution in [0.1, 0.15) is 27.0 Å². The highest BCUT2D eigenvalue weighted by atomic mass is 16.5. The summed E-state index contributed by atoms with van der Waals surface area (Å²) >= 11 is 0. The molecule has 1 amide bonds. The Morgan fingerprint density at radius 1 is 0.889 bits per heavy atom. The van der Waals surface area contributed by atoms with E-state index in [9.17, 15) is 4.79 Å². The van der Waals surface area contributed by atoms with Gasteiger partial charge in [0.05, 0.1) is 23.3 Å². The molecule has 0 radical (unpaired) electrons. The summed E-state index contributed by atoms with van der Waals surface area (Å²) in [5, 5.41) is 20.4. The van der Waals surface area contributed by atoms with E-state index < -0.39 is 0 Å². The first-order chi connectivity index (χ1) is 13.2. The smallest absolute Gasteiger partial charge is 0.255 e. The molecule has 0 bridgehead atoms. The molecule has 130 valence electrons. The molecule has 0 aliphatic rings. The molecule has 0 heterocycles. The monoisotopic (exact) mass is 353 g/mol. The van der Waals surface area contributed by atoms with Crippen molar-refractivity contribution in [2.24, 2.45) is 0 Å². The fourth-order valence-electron chi connectivity index (χ4n) is 2.40. The highest BCUT2D eigenvalue weighted by Crippen LogP contribution is 2.17. The van der Waals surface area contributed by atoms with Gasteiger partial charge in [0.25, 0.3) is 5.91 Å². The number of anilines is 1. The molecule has 0 saturated heterocycles. The largest absolute Gasteiger partial charge is 0.489 e. The highest BCUT2D eigenvalue weighted by Gasteiger charge is 2.08. The molecule has 27 heavy (non-hydrogen) atoms. The van der Waals surface area contributed by atoms with E-state index >= 15 is 0 Å². The topological polar surface area (TPSA) is 85.9 Å². The van der Waals surface area contributed by atoms with Crippen molar-refractivity contribution in [3.63, 3.8) is 0 Å². The number of hydrogen-bond acceptors (Lipinski definition) is 4. The fraction of sp³-hybridized carbons (Fsp3) is 0.0455. The van der Waals surface area contributed by atoms with E-state index in [1.54, 1.807) is 60.7 Å². The van der Waals surface area contributed by atoms with Gasteiger partial charge in [-0.05, 0) is 60.2 Å². The zero-order chi connectivity index (χ0) is 19.1. The SMILES string of the molecule is N#Cc1ccc(COc2cccc(C(=O)Nc3ccc(C#N)cc3)c2)cc1. The van der Waals surface area contributed by atoms with Crippen molar-refractivity contribution >= 4 is 11.6 Å². The Hall–Kier alpha value is -4.09. The van der Waals surface area contributed by atoms with Gasteiger partial charge >= 0.3 is 0 Å². The van der Waals surface area contributed by atoms with E-state index in [2.05, 4.69) is 11.4 Å². The molecule has 0 aromatic heterocycles. The first-order valence-electron chi connectivity index (χ1n) is 8.21. The molecule has 5 heteroatoms. The Kier molecular flexibility index (Phi) is 5.47. The van der Waals surface area contributed by atoms with Crippen LogP contribution in [-0.4, -0.2) is 5.91 Å². The molecule has 3 aromatic rings. The van der Waals surface area contributed by atoms with Gasteiger partial charge in [-0.3, -0.25) is 4.79 Å². The summed E-state index contributed by atoms with van der Waals surface area (Å²) in [7, 11) is 0. The quantitative estimate of drug-likeness (QED) is 0.742. The number of hydrogen-bond donors (Lipinski definition) is 1. The van der Waals surface area contributed by atoms with Crippen molar-refractivity contribution < 1.29 is 9.53 Å². The molecule has 0 fully saturated rings. The van der Waals surface area contributed by atoms with Gasteiger partial charge in [-0.2, -0.15) is 10.5 Å². The molecule has 0 atom stereocenters. The molecule has 0 aliphatic heterocycles. The standard InChI is InChI=1S/C22H15N3O2/c23-13-16-4-6-18(7-5-16)15-27-21-3-1-2-19(12-21)22(26)25-20-10-8-17(14-24)9-11-20/h1-12H,15H2,(H,25,26). The Labute approximate surface area is 157 Å². The third-order valence-corrected chi connectivity index (χ3v) is 3.86. The number of carbonyl (C=O) groups excluding carboxylic acids is 1. The molecule has 0 unspecified atom stereocenters. The number of rotatable bonds is 5. The molecule has 0 aliphatic carbocycles. The number of nitrogens with one attached hydrogen (secondary N) is 1. The van der Waals surface area contributed by atoms with E-state index in [1.807, 2.05) is 18.2 Å². The predicted octanol–water partition coefficient (Wildman–Crippen LogP) is 4.26. The molecular weight excluding hydrogens is 338 g/mol. The Morgan fingerprint density at radius 2 is 1.52 bits per heavy atom. The van der Waals surface area contributed by atoms with Crippen LogP contribution in [-0.2, 0) is 6.61 Å². The summed E-state index contributed by atoms with van der Waals surface area (Å²) in [4.78, 5) is 12.4. The van der Waals surface area contributed by atoms with Crippen molar-refractivity contribution in [1.82, 2.24) is 0 Å². The van der Waals surface area contributed by atoms with Crippen LogP contribution in [0.3, 0.4) is 0 Å². The second kappa shape index (κ2) is 8.33. The lowest BCUT2D eigenvalue weighted by atomic mass is 10.1. The summed E-state index contributed by atoms with van der Waals surface area (Å²) in [6.07, 6.45) is 0. The first-order valence-corrected chi connectivity index (χ1v) is 8.21. The lowest BCUT2D eigenvalue weighted by Crippen LogP contribution is -2.12. The number of carbonyl (C=O) groups is 1. The third kappa shape index (κ3) is 4.72. The van der Waals surface area contributed by atoms with E-state index in [4.69, 9.17) is 15.3 Å². The van der Waals surface area contributed by atoms with Gasteiger partial charge in [0.2, 0.25) is 0 Å². The van der Waals surface area contributed by atoms with Gasteiger partial charge < -0.3 is 10.1 Å². The van der Waals surface area contributed by atoms with Crippen LogP contribution in [0, 0.1) is 22.7 Å². The number of nitrogens with zero attached hydrogens (tertiary/aromatic N) is 2. The third-order valence-electron chi connectivity index (χ3n) is 3.86. The van der Waals surface area contributed by atoms with Crippen molar-refractivity contribution in [2.45, 2.75) is 6.61 Å². The van der Waals surface area contributed by atoms with Crippen LogP contribution < -0.4 is 10.1 Å². The van der Waals surface area contributed by atoms with Crippen molar-refractivity contribution in [3.05, 3.63) is 95.1 Å². The summed E-state index contributed by atoms with van der Waals surface area (Å²) < 4.78 is 5.74. The Bertz CT molecular complexity index is 1030. The van der Waals surface area contributed by atoms with Crippen molar-refractivity contribution in [2.75, 3.05) is 5.32 Å². The highest BCUT2D eigenvalue weighted by molar-refractivity contribution is 6.04. The average Bonchev–Trinajstić information content (AvgIpc) is 2.73. The molecule has 3 aromatic carbocycles. The number of amides is 1.